The molecule has 0 radical (unpaired) electrons. The van der Waals surface area contributed by atoms with Gasteiger partial charge in [0.1, 0.15) is 0 Å². The minimum absolute atomic E-state index is 0.0795. The molecule has 4 nitrogen and oxygen atoms in total. The van der Waals surface area contributed by atoms with E-state index >= 15 is 0 Å². The average Bonchev–Trinajstić information content (AvgIpc) is 2.63. The first-order valence-corrected chi connectivity index (χ1v) is 5.13. The van der Waals surface area contributed by atoms with Crippen LogP contribution in [-0.4, -0.2) is 43.2 Å². The first-order valence-electron chi connectivity index (χ1n) is 5.13. The highest BCUT2D eigenvalue weighted by atomic mass is 16.5. The molecule has 1 fully saturated rings. The summed E-state index contributed by atoms with van der Waals surface area (Å²) in [6, 6.07) is -0.0795. The lowest BCUT2D eigenvalue weighted by Crippen LogP contribution is -2.41. The highest BCUT2D eigenvalue weighted by Crippen LogP contribution is 2.15. The zero-order chi connectivity index (χ0) is 10.7. The molecule has 0 aromatic carbocycles. The summed E-state index contributed by atoms with van der Waals surface area (Å²) in [5.74, 6) is 0.0603. The molecule has 0 aliphatic carbocycles. The van der Waals surface area contributed by atoms with Gasteiger partial charge >= 0.3 is 0 Å². The van der Waals surface area contributed by atoms with Crippen molar-refractivity contribution in [2.24, 2.45) is 11.7 Å². The first-order chi connectivity index (χ1) is 6.56. The standard InChI is InChI=1S/C10H20N2O2/c1-7(8(2)11)10(13)12-5-4-9(6-12)14-3/h7-9H,4-6,11H2,1-3H3/t7?,8?,9-/m0/s1. The normalized spacial score (nSPS) is 26.3. The van der Waals surface area contributed by atoms with E-state index < -0.39 is 0 Å². The third-order valence-corrected chi connectivity index (χ3v) is 2.97. The smallest absolute Gasteiger partial charge is 0.227 e. The summed E-state index contributed by atoms with van der Waals surface area (Å²) in [6.45, 7) is 5.26. The molecule has 3 atom stereocenters. The summed E-state index contributed by atoms with van der Waals surface area (Å²) < 4.78 is 5.21. The molecule has 1 aliphatic heterocycles. The van der Waals surface area contributed by atoms with Crippen LogP contribution in [0.25, 0.3) is 0 Å². The van der Waals surface area contributed by atoms with Crippen LogP contribution in [0.2, 0.25) is 0 Å². The Hall–Kier alpha value is -0.610. The Morgan fingerprint density at radius 1 is 1.57 bits per heavy atom. The van der Waals surface area contributed by atoms with Gasteiger partial charge in [-0.3, -0.25) is 4.79 Å². The Kier molecular flexibility index (Phi) is 3.89. The molecule has 82 valence electrons. The fourth-order valence-corrected chi connectivity index (χ4v) is 1.63. The van der Waals surface area contributed by atoms with Crippen LogP contribution in [0.4, 0.5) is 0 Å². The quantitative estimate of drug-likeness (QED) is 0.709. The Morgan fingerprint density at radius 3 is 2.64 bits per heavy atom. The number of nitrogens with two attached hydrogens (primary N) is 1. The Labute approximate surface area is 85.4 Å². The minimum Gasteiger partial charge on any atom is -0.380 e. The predicted octanol–water partition coefficient (Wildman–Crippen LogP) is 0.217. The van der Waals surface area contributed by atoms with E-state index in [0.717, 1.165) is 13.0 Å². The van der Waals surface area contributed by atoms with Gasteiger partial charge < -0.3 is 15.4 Å². The largest absolute Gasteiger partial charge is 0.380 e. The Morgan fingerprint density at radius 2 is 2.21 bits per heavy atom. The molecule has 1 rings (SSSR count). The molecule has 2 N–H and O–H groups in total. The Bertz CT molecular complexity index is 206. The van der Waals surface area contributed by atoms with Gasteiger partial charge in [-0.2, -0.15) is 0 Å². The summed E-state index contributed by atoms with van der Waals surface area (Å²) in [7, 11) is 1.69. The van der Waals surface area contributed by atoms with Gasteiger partial charge in [-0.15, -0.1) is 0 Å². The third-order valence-electron chi connectivity index (χ3n) is 2.97. The average molecular weight is 200 g/mol. The maximum atomic E-state index is 11.8. The van der Waals surface area contributed by atoms with E-state index in [4.69, 9.17) is 10.5 Å². The second-order valence-electron chi connectivity index (χ2n) is 4.08. The highest BCUT2D eigenvalue weighted by molar-refractivity contribution is 5.79. The lowest BCUT2D eigenvalue weighted by atomic mass is 10.0. The van der Waals surface area contributed by atoms with Gasteiger partial charge in [-0.05, 0) is 13.3 Å². The number of carbonyl (C=O) groups is 1. The van der Waals surface area contributed by atoms with Crippen LogP contribution in [0.1, 0.15) is 20.3 Å². The maximum absolute atomic E-state index is 11.8. The molecule has 0 bridgehead atoms. The summed E-state index contributed by atoms with van der Waals surface area (Å²) >= 11 is 0. The van der Waals surface area contributed by atoms with Crippen molar-refractivity contribution in [2.45, 2.75) is 32.4 Å². The zero-order valence-corrected chi connectivity index (χ0v) is 9.19. The van der Waals surface area contributed by atoms with E-state index in [1.165, 1.54) is 0 Å². The molecule has 1 amide bonds. The van der Waals surface area contributed by atoms with Crippen molar-refractivity contribution in [3.05, 3.63) is 0 Å². The van der Waals surface area contributed by atoms with E-state index in [2.05, 4.69) is 0 Å². The fraction of sp³-hybridized carbons (Fsp3) is 0.900. The SMILES string of the molecule is CO[C@H]1CCN(C(=O)C(C)C(C)N)C1. The molecular weight excluding hydrogens is 180 g/mol. The van der Waals surface area contributed by atoms with Crippen molar-refractivity contribution in [2.75, 3.05) is 20.2 Å². The number of rotatable bonds is 3. The summed E-state index contributed by atoms with van der Waals surface area (Å²) in [6.07, 6.45) is 1.15. The highest BCUT2D eigenvalue weighted by Gasteiger charge is 2.29. The number of carbonyl (C=O) groups excluding carboxylic acids is 1. The molecule has 14 heavy (non-hydrogen) atoms. The second-order valence-corrected chi connectivity index (χ2v) is 4.08. The van der Waals surface area contributed by atoms with Crippen LogP contribution in [0.3, 0.4) is 0 Å². The lowest BCUT2D eigenvalue weighted by Gasteiger charge is -2.22. The zero-order valence-electron chi connectivity index (χ0n) is 9.19. The van der Waals surface area contributed by atoms with Crippen molar-refractivity contribution in [3.63, 3.8) is 0 Å². The van der Waals surface area contributed by atoms with Crippen LogP contribution in [0.5, 0.6) is 0 Å². The molecule has 0 spiro atoms. The topological polar surface area (TPSA) is 55.6 Å². The summed E-state index contributed by atoms with van der Waals surface area (Å²) in [5, 5.41) is 0. The van der Waals surface area contributed by atoms with Crippen molar-refractivity contribution >= 4 is 5.91 Å². The van der Waals surface area contributed by atoms with Crippen LogP contribution < -0.4 is 5.73 Å². The summed E-state index contributed by atoms with van der Waals surface area (Å²) in [4.78, 5) is 13.7. The van der Waals surface area contributed by atoms with E-state index in [-0.39, 0.29) is 24.0 Å². The van der Waals surface area contributed by atoms with Crippen LogP contribution in [0.15, 0.2) is 0 Å². The number of amides is 1. The number of methoxy groups -OCH3 is 1. The molecule has 2 unspecified atom stereocenters. The van der Waals surface area contributed by atoms with Gasteiger partial charge in [0.05, 0.1) is 12.0 Å². The summed E-state index contributed by atoms with van der Waals surface area (Å²) in [5.41, 5.74) is 5.69. The van der Waals surface area contributed by atoms with Crippen molar-refractivity contribution in [3.8, 4) is 0 Å². The maximum Gasteiger partial charge on any atom is 0.227 e. The first kappa shape index (κ1) is 11.5. The number of ether oxygens (including phenoxy) is 1. The number of hydrogen-bond donors (Lipinski definition) is 1. The van der Waals surface area contributed by atoms with E-state index in [1.807, 2.05) is 18.7 Å². The van der Waals surface area contributed by atoms with Crippen molar-refractivity contribution in [1.29, 1.82) is 0 Å². The lowest BCUT2D eigenvalue weighted by molar-refractivity contribution is -0.134. The number of hydrogen-bond acceptors (Lipinski definition) is 3. The van der Waals surface area contributed by atoms with E-state index in [1.54, 1.807) is 7.11 Å². The van der Waals surface area contributed by atoms with Crippen LogP contribution >= 0.6 is 0 Å². The molecule has 0 saturated carbocycles. The van der Waals surface area contributed by atoms with Crippen molar-refractivity contribution < 1.29 is 9.53 Å². The number of likely N-dealkylation sites (tertiary alicyclic amines) is 1. The van der Waals surface area contributed by atoms with Crippen LogP contribution in [-0.2, 0) is 9.53 Å². The van der Waals surface area contributed by atoms with Crippen LogP contribution in [0, 0.1) is 5.92 Å². The third kappa shape index (κ3) is 2.45. The van der Waals surface area contributed by atoms with Gasteiger partial charge in [0, 0.05) is 26.2 Å². The second kappa shape index (κ2) is 4.75. The van der Waals surface area contributed by atoms with Gasteiger partial charge in [-0.25, -0.2) is 0 Å². The van der Waals surface area contributed by atoms with E-state index in [0.29, 0.717) is 6.54 Å². The number of nitrogens with zero attached hydrogens (tertiary/aromatic N) is 1. The van der Waals surface area contributed by atoms with E-state index in [9.17, 15) is 4.79 Å². The molecule has 1 aliphatic rings. The Balaban J connectivity index is 2.47. The monoisotopic (exact) mass is 200 g/mol. The predicted molar refractivity (Wildman–Crippen MR) is 54.8 cm³/mol. The molecule has 1 saturated heterocycles. The minimum atomic E-state index is -0.0920. The van der Waals surface area contributed by atoms with Gasteiger partial charge in [0.15, 0.2) is 0 Å². The molecule has 4 heteroatoms. The van der Waals surface area contributed by atoms with Crippen molar-refractivity contribution in [1.82, 2.24) is 4.90 Å². The van der Waals surface area contributed by atoms with Gasteiger partial charge in [-0.1, -0.05) is 6.92 Å². The molecule has 0 aromatic rings. The molecule has 0 aromatic heterocycles. The van der Waals surface area contributed by atoms with Gasteiger partial charge in [0.2, 0.25) is 5.91 Å². The fourth-order valence-electron chi connectivity index (χ4n) is 1.63. The van der Waals surface area contributed by atoms with Gasteiger partial charge in [0.25, 0.3) is 0 Å². The molecule has 1 heterocycles. The molecular formula is C10H20N2O2.